The molecule has 0 bridgehead atoms. The van der Waals surface area contributed by atoms with Gasteiger partial charge in [-0.25, -0.2) is 9.59 Å². The third-order valence-corrected chi connectivity index (χ3v) is 5.09. The van der Waals surface area contributed by atoms with E-state index in [1.807, 2.05) is 0 Å². The molecule has 1 heterocycles. The summed E-state index contributed by atoms with van der Waals surface area (Å²) < 4.78 is 16.4. The van der Waals surface area contributed by atoms with E-state index in [0.29, 0.717) is 25.4 Å². The molecule has 2 rings (SSSR count). The Kier molecular flexibility index (Phi) is 5.27. The van der Waals surface area contributed by atoms with E-state index in [-0.39, 0.29) is 5.57 Å². The topological polar surface area (TPSA) is 73.9 Å². The fourth-order valence-electron chi connectivity index (χ4n) is 1.79. The van der Waals surface area contributed by atoms with Gasteiger partial charge in [0.15, 0.2) is 5.57 Å². The average Bonchev–Trinajstić information content (AvgIpc) is 2.44. The van der Waals surface area contributed by atoms with Crippen molar-refractivity contribution < 1.29 is 23.8 Å². The number of carbonyl (C=O) groups is 2. The summed E-state index contributed by atoms with van der Waals surface area (Å²) in [5.41, 5.74) is 0.177. The Hall–Kier alpha value is -1.25. The number of ether oxygens (including phenoxy) is 3. The molecule has 1 saturated heterocycles. The second kappa shape index (κ2) is 6.70. The largest absolute Gasteiger partial charge is 0.494 e. The van der Waals surface area contributed by atoms with E-state index >= 15 is 0 Å². The van der Waals surface area contributed by atoms with E-state index < -0.39 is 17.7 Å². The van der Waals surface area contributed by atoms with Gasteiger partial charge in [0.2, 0.25) is 0 Å². The summed E-state index contributed by atoms with van der Waals surface area (Å²) in [4.78, 5) is 23.8. The second-order valence-electron chi connectivity index (χ2n) is 4.94. The molecule has 0 saturated carbocycles. The predicted molar refractivity (Wildman–Crippen MR) is 91.4 cm³/mol. The smallest absolute Gasteiger partial charge is 0.350 e. The summed E-state index contributed by atoms with van der Waals surface area (Å²) in [7, 11) is 1.48. The van der Waals surface area contributed by atoms with Crippen LogP contribution in [0.1, 0.15) is 13.8 Å². The van der Waals surface area contributed by atoms with Crippen molar-refractivity contribution in [2.24, 2.45) is 0 Å². The summed E-state index contributed by atoms with van der Waals surface area (Å²) in [5, 5.41) is 3.22. The zero-order valence-electron chi connectivity index (χ0n) is 12.3. The third kappa shape index (κ3) is 3.81. The number of methoxy groups -OCH3 is 1. The highest BCUT2D eigenvalue weighted by Gasteiger charge is 2.39. The summed E-state index contributed by atoms with van der Waals surface area (Å²) in [5.74, 6) is -2.40. The summed E-state index contributed by atoms with van der Waals surface area (Å²) in [6.45, 7) is 2.95. The molecule has 1 aliphatic heterocycles. The summed E-state index contributed by atoms with van der Waals surface area (Å²) in [6, 6.07) is 1.65. The lowest BCUT2D eigenvalue weighted by atomic mass is 10.2. The van der Waals surface area contributed by atoms with Crippen LogP contribution < -0.4 is 10.1 Å². The Morgan fingerprint density at radius 3 is 2.35 bits per heavy atom. The van der Waals surface area contributed by atoms with Gasteiger partial charge in [0, 0.05) is 24.5 Å². The van der Waals surface area contributed by atoms with Gasteiger partial charge in [-0.3, -0.25) is 0 Å². The van der Waals surface area contributed by atoms with Crippen molar-refractivity contribution in [2.75, 3.05) is 12.4 Å². The molecule has 0 atom stereocenters. The van der Waals surface area contributed by atoms with Crippen molar-refractivity contribution in [3.63, 3.8) is 0 Å². The van der Waals surface area contributed by atoms with Crippen molar-refractivity contribution in [1.82, 2.24) is 0 Å². The number of carbonyl (C=O) groups excluding carboxylic acids is 2. The lowest BCUT2D eigenvalue weighted by Gasteiger charge is -2.29. The molecule has 0 radical (unpaired) electrons. The predicted octanol–water partition coefficient (Wildman–Crippen LogP) is 4.01. The summed E-state index contributed by atoms with van der Waals surface area (Å²) in [6.07, 6.45) is 1.19. The molecule has 1 aromatic carbocycles. The highest BCUT2D eigenvalue weighted by atomic mass is 79.9. The van der Waals surface area contributed by atoms with E-state index in [9.17, 15) is 9.59 Å². The van der Waals surface area contributed by atoms with E-state index in [0.717, 1.165) is 0 Å². The number of rotatable bonds is 3. The lowest BCUT2D eigenvalue weighted by Crippen LogP contribution is -2.42. The first-order valence-electron chi connectivity index (χ1n) is 6.31. The van der Waals surface area contributed by atoms with Crippen LogP contribution >= 0.6 is 43.5 Å². The fourth-order valence-corrected chi connectivity index (χ4v) is 3.14. The third-order valence-electron chi connectivity index (χ3n) is 2.82. The van der Waals surface area contributed by atoms with Gasteiger partial charge in [0.25, 0.3) is 5.79 Å². The minimum atomic E-state index is -1.29. The van der Waals surface area contributed by atoms with Gasteiger partial charge >= 0.3 is 11.9 Å². The number of hydrogen-bond acceptors (Lipinski definition) is 6. The molecule has 0 aromatic heterocycles. The summed E-state index contributed by atoms with van der Waals surface area (Å²) >= 11 is 12.8. The first-order chi connectivity index (χ1) is 10.7. The van der Waals surface area contributed by atoms with Gasteiger partial charge in [-0.2, -0.15) is 0 Å². The maximum Gasteiger partial charge on any atom is 0.350 e. The Bertz CT molecular complexity index is 696. The number of anilines is 1. The highest BCUT2D eigenvalue weighted by molar-refractivity contribution is 9.11. The monoisotopic (exact) mass is 467 g/mol. The molecule has 0 unspecified atom stereocenters. The maximum atomic E-state index is 11.9. The van der Waals surface area contributed by atoms with Crippen molar-refractivity contribution in [3.05, 3.63) is 31.8 Å². The van der Waals surface area contributed by atoms with Gasteiger partial charge < -0.3 is 19.5 Å². The minimum Gasteiger partial charge on any atom is -0.494 e. The molecule has 1 N–H and O–H groups in total. The molecule has 1 fully saturated rings. The van der Waals surface area contributed by atoms with E-state index in [1.165, 1.54) is 27.2 Å². The van der Waals surface area contributed by atoms with Crippen molar-refractivity contribution in [3.8, 4) is 5.75 Å². The van der Waals surface area contributed by atoms with Gasteiger partial charge in [0.05, 0.1) is 22.3 Å². The van der Waals surface area contributed by atoms with Gasteiger partial charge in [-0.1, -0.05) is 11.6 Å². The number of cyclic esters (lactones) is 2. The molecule has 0 amide bonds. The van der Waals surface area contributed by atoms with Crippen LogP contribution in [0, 0.1) is 0 Å². The zero-order valence-corrected chi connectivity index (χ0v) is 16.3. The number of nitrogens with one attached hydrogen (secondary N) is 1. The SMILES string of the molecule is COc1cc(Br)c(Cl)c(Br)c1NC=C1C(=O)OC(C)(C)OC1=O. The van der Waals surface area contributed by atoms with Crippen LogP contribution in [0.4, 0.5) is 5.69 Å². The number of esters is 2. The zero-order chi connectivity index (χ0) is 17.4. The quantitative estimate of drug-likeness (QED) is 0.312. The van der Waals surface area contributed by atoms with Crippen LogP contribution in [0.15, 0.2) is 26.8 Å². The maximum absolute atomic E-state index is 11.9. The molecule has 0 spiro atoms. The Balaban J connectivity index is 2.35. The molecule has 9 heteroatoms. The van der Waals surface area contributed by atoms with Crippen LogP contribution in [0.3, 0.4) is 0 Å². The molecule has 23 heavy (non-hydrogen) atoms. The van der Waals surface area contributed by atoms with Gasteiger partial charge in [0.1, 0.15) is 5.75 Å². The Morgan fingerprint density at radius 1 is 1.26 bits per heavy atom. The molecular weight excluding hydrogens is 457 g/mol. The van der Waals surface area contributed by atoms with Crippen molar-refractivity contribution >= 4 is 61.1 Å². The average molecular weight is 470 g/mol. The Morgan fingerprint density at radius 2 is 1.83 bits per heavy atom. The van der Waals surface area contributed by atoms with Crippen molar-refractivity contribution in [2.45, 2.75) is 19.6 Å². The molecule has 1 aromatic rings. The highest BCUT2D eigenvalue weighted by Crippen LogP contribution is 2.43. The van der Waals surface area contributed by atoms with Crippen LogP contribution in [-0.4, -0.2) is 24.8 Å². The molecular formula is C14H12Br2ClNO5. The van der Waals surface area contributed by atoms with Crippen LogP contribution in [0.2, 0.25) is 5.02 Å². The number of hydrogen-bond donors (Lipinski definition) is 1. The van der Waals surface area contributed by atoms with Crippen LogP contribution in [-0.2, 0) is 19.1 Å². The van der Waals surface area contributed by atoms with Gasteiger partial charge in [-0.05, 0) is 37.9 Å². The Labute approximate surface area is 154 Å². The number of halogens is 3. The van der Waals surface area contributed by atoms with E-state index in [4.69, 9.17) is 25.8 Å². The molecule has 6 nitrogen and oxygen atoms in total. The van der Waals surface area contributed by atoms with Gasteiger partial charge in [-0.15, -0.1) is 0 Å². The lowest BCUT2D eigenvalue weighted by molar-refractivity contribution is -0.222. The first kappa shape index (κ1) is 18.1. The normalized spacial score (nSPS) is 16.5. The van der Waals surface area contributed by atoms with Crippen LogP contribution in [0.25, 0.3) is 0 Å². The molecule has 124 valence electrons. The second-order valence-corrected chi connectivity index (χ2v) is 6.97. The minimum absolute atomic E-state index is 0.266. The van der Waals surface area contributed by atoms with Crippen molar-refractivity contribution in [1.29, 1.82) is 0 Å². The molecule has 0 aliphatic carbocycles. The van der Waals surface area contributed by atoms with Crippen LogP contribution in [0.5, 0.6) is 5.75 Å². The van der Waals surface area contributed by atoms with E-state index in [2.05, 4.69) is 37.2 Å². The standard InChI is InChI=1S/C14H12Br2ClNO5/c1-14(2)22-12(19)6(13(20)23-14)5-18-11-8(21-3)4-7(15)10(17)9(11)16/h4-5,18H,1-3H3. The first-order valence-corrected chi connectivity index (χ1v) is 8.27. The fraction of sp³-hybridized carbons (Fsp3) is 0.286. The van der Waals surface area contributed by atoms with E-state index in [1.54, 1.807) is 6.07 Å². The number of benzene rings is 1. The molecule has 1 aliphatic rings.